The van der Waals surface area contributed by atoms with Gasteiger partial charge in [-0.25, -0.2) is 9.48 Å². The van der Waals surface area contributed by atoms with Crippen molar-refractivity contribution in [1.29, 1.82) is 0 Å². The van der Waals surface area contributed by atoms with Crippen LogP contribution in [0.5, 0.6) is 0 Å². The molecular weight excluding hydrogens is 366 g/mol. The topological polar surface area (TPSA) is 119 Å². The molecule has 1 aliphatic rings. The fraction of sp³-hybridized carbons (Fsp3) is 0.529. The van der Waals surface area contributed by atoms with Crippen LogP contribution in [0.2, 0.25) is 0 Å². The van der Waals surface area contributed by atoms with E-state index in [4.69, 9.17) is 0 Å². The van der Waals surface area contributed by atoms with E-state index in [1.807, 2.05) is 0 Å². The van der Waals surface area contributed by atoms with Gasteiger partial charge in [0.05, 0.1) is 0 Å². The fourth-order valence-electron chi connectivity index (χ4n) is 3.16. The molecule has 2 aromatic heterocycles. The summed E-state index contributed by atoms with van der Waals surface area (Å²) in [5, 5.41) is 14.7. The third kappa shape index (κ3) is 4.60. The second-order valence-corrected chi connectivity index (χ2v) is 6.69. The standard InChI is InChI=1S/C17H23N7O4/c1-20-16(25)13-18-23(17(20)26)8-3-2-7-21-9-11-22(12-10-21)14-5-4-6-15(19-14)24(27)28/h4-6,13H,2-3,7-12H2,1H3. The molecule has 28 heavy (non-hydrogen) atoms. The van der Waals surface area contributed by atoms with Crippen LogP contribution >= 0.6 is 0 Å². The van der Waals surface area contributed by atoms with Crippen LogP contribution in [0.15, 0.2) is 34.0 Å². The minimum atomic E-state index is -0.482. The van der Waals surface area contributed by atoms with E-state index in [0.29, 0.717) is 12.4 Å². The Morgan fingerprint density at radius 2 is 1.82 bits per heavy atom. The number of hydrogen-bond donors (Lipinski definition) is 0. The van der Waals surface area contributed by atoms with Gasteiger partial charge in [-0.1, -0.05) is 0 Å². The lowest BCUT2D eigenvalue weighted by atomic mass is 10.2. The Balaban J connectivity index is 1.43. The predicted octanol–water partition coefficient (Wildman–Crippen LogP) is -0.152. The number of piperazine rings is 1. The minimum absolute atomic E-state index is 0.137. The Morgan fingerprint density at radius 1 is 1.11 bits per heavy atom. The molecule has 2 aromatic rings. The van der Waals surface area contributed by atoms with Crippen LogP contribution in [0.25, 0.3) is 0 Å². The van der Waals surface area contributed by atoms with Crippen molar-refractivity contribution in [2.75, 3.05) is 37.6 Å². The van der Waals surface area contributed by atoms with Crippen molar-refractivity contribution in [2.24, 2.45) is 7.05 Å². The molecule has 11 nitrogen and oxygen atoms in total. The van der Waals surface area contributed by atoms with Crippen LogP contribution in [0.1, 0.15) is 12.8 Å². The van der Waals surface area contributed by atoms with Gasteiger partial charge < -0.3 is 15.0 Å². The van der Waals surface area contributed by atoms with Gasteiger partial charge in [0.15, 0.2) is 0 Å². The molecule has 0 spiro atoms. The third-order valence-electron chi connectivity index (χ3n) is 4.84. The van der Waals surface area contributed by atoms with Gasteiger partial charge >= 0.3 is 11.5 Å². The SMILES string of the molecule is Cn1c(=O)cnn(CCCCN2CCN(c3cccc([N+](=O)[O-])n3)CC2)c1=O. The van der Waals surface area contributed by atoms with Gasteiger partial charge in [0, 0.05) is 51.9 Å². The van der Waals surface area contributed by atoms with Gasteiger partial charge in [-0.2, -0.15) is 5.10 Å². The summed E-state index contributed by atoms with van der Waals surface area (Å²) in [4.78, 5) is 42.1. The van der Waals surface area contributed by atoms with Gasteiger partial charge in [0.25, 0.3) is 5.56 Å². The van der Waals surface area contributed by atoms with Gasteiger partial charge in [-0.05, 0) is 35.4 Å². The molecule has 0 atom stereocenters. The van der Waals surface area contributed by atoms with E-state index in [9.17, 15) is 19.7 Å². The van der Waals surface area contributed by atoms with Crippen LogP contribution < -0.4 is 16.1 Å². The van der Waals surface area contributed by atoms with Gasteiger partial charge in [0.2, 0.25) is 5.82 Å². The Morgan fingerprint density at radius 3 is 2.54 bits per heavy atom. The zero-order valence-corrected chi connectivity index (χ0v) is 15.7. The lowest BCUT2D eigenvalue weighted by Crippen LogP contribution is -2.47. The third-order valence-corrected chi connectivity index (χ3v) is 4.84. The zero-order chi connectivity index (χ0) is 20.1. The van der Waals surface area contributed by atoms with Crippen molar-refractivity contribution in [3.8, 4) is 0 Å². The Labute approximate surface area is 161 Å². The van der Waals surface area contributed by atoms with Crippen molar-refractivity contribution in [1.82, 2.24) is 24.2 Å². The number of rotatable bonds is 7. The maximum absolute atomic E-state index is 11.9. The first-order chi connectivity index (χ1) is 13.5. The largest absolute Gasteiger partial charge is 0.365 e. The molecule has 1 saturated heterocycles. The normalized spacial score (nSPS) is 15.0. The number of nitrogens with zero attached hydrogens (tertiary/aromatic N) is 7. The summed E-state index contributed by atoms with van der Waals surface area (Å²) < 4.78 is 2.36. The van der Waals surface area contributed by atoms with E-state index in [1.165, 1.54) is 17.8 Å². The van der Waals surface area contributed by atoms with E-state index in [1.54, 1.807) is 12.1 Å². The molecule has 0 saturated carbocycles. The smallest absolute Gasteiger partial charge is 0.358 e. The molecule has 0 unspecified atom stereocenters. The molecule has 3 rings (SSSR count). The van der Waals surface area contributed by atoms with E-state index in [-0.39, 0.29) is 5.82 Å². The molecule has 1 fully saturated rings. The van der Waals surface area contributed by atoms with Crippen LogP contribution in [0.3, 0.4) is 0 Å². The van der Waals surface area contributed by atoms with Crippen LogP contribution in [0, 0.1) is 10.1 Å². The number of pyridine rings is 1. The summed E-state index contributed by atoms with van der Waals surface area (Å²) in [5.41, 5.74) is -0.803. The molecule has 0 aliphatic carbocycles. The van der Waals surface area contributed by atoms with Crippen molar-refractivity contribution in [3.63, 3.8) is 0 Å². The number of aromatic nitrogens is 4. The molecular formula is C17H23N7O4. The van der Waals surface area contributed by atoms with E-state index >= 15 is 0 Å². The van der Waals surface area contributed by atoms with Crippen LogP contribution in [-0.4, -0.2) is 61.9 Å². The summed E-state index contributed by atoms with van der Waals surface area (Å²) in [5.74, 6) is 0.496. The molecule has 0 N–H and O–H groups in total. The summed E-state index contributed by atoms with van der Waals surface area (Å²) in [6.45, 7) is 4.60. The summed E-state index contributed by atoms with van der Waals surface area (Å²) in [7, 11) is 1.44. The Kier molecular flexibility index (Phi) is 6.14. The molecule has 1 aliphatic heterocycles. The lowest BCUT2D eigenvalue weighted by Gasteiger charge is -2.34. The monoisotopic (exact) mass is 389 g/mol. The maximum Gasteiger partial charge on any atom is 0.365 e. The van der Waals surface area contributed by atoms with Crippen LogP contribution in [-0.2, 0) is 13.6 Å². The average Bonchev–Trinajstić information content (AvgIpc) is 2.71. The first kappa shape index (κ1) is 19.7. The number of aryl methyl sites for hydroxylation is 1. The van der Waals surface area contributed by atoms with E-state index in [0.717, 1.165) is 56.3 Å². The van der Waals surface area contributed by atoms with Gasteiger partial charge in [0.1, 0.15) is 6.20 Å². The first-order valence-electron chi connectivity index (χ1n) is 9.17. The second-order valence-electron chi connectivity index (χ2n) is 6.69. The second kappa shape index (κ2) is 8.74. The van der Waals surface area contributed by atoms with E-state index < -0.39 is 16.2 Å². The number of anilines is 1. The molecule has 3 heterocycles. The fourth-order valence-corrected chi connectivity index (χ4v) is 3.16. The lowest BCUT2D eigenvalue weighted by molar-refractivity contribution is -0.389. The summed E-state index contributed by atoms with van der Waals surface area (Å²) in [6.07, 6.45) is 2.85. The average molecular weight is 389 g/mol. The number of unbranched alkanes of at least 4 members (excludes halogenated alkanes) is 1. The number of hydrogen-bond acceptors (Lipinski definition) is 8. The van der Waals surface area contributed by atoms with Crippen LogP contribution in [0.4, 0.5) is 11.6 Å². The maximum atomic E-state index is 11.9. The molecule has 11 heteroatoms. The molecule has 0 bridgehead atoms. The summed E-state index contributed by atoms with van der Waals surface area (Å²) in [6, 6.07) is 4.84. The van der Waals surface area contributed by atoms with Crippen molar-refractivity contribution in [3.05, 3.63) is 55.3 Å². The highest BCUT2D eigenvalue weighted by Crippen LogP contribution is 2.17. The molecule has 0 aromatic carbocycles. The van der Waals surface area contributed by atoms with E-state index in [2.05, 4.69) is 19.9 Å². The molecule has 0 amide bonds. The Hall–Kier alpha value is -3.08. The first-order valence-corrected chi connectivity index (χ1v) is 9.17. The molecule has 150 valence electrons. The van der Waals surface area contributed by atoms with Crippen molar-refractivity contribution in [2.45, 2.75) is 19.4 Å². The van der Waals surface area contributed by atoms with Crippen molar-refractivity contribution >= 4 is 11.6 Å². The number of nitro groups is 1. The highest BCUT2D eigenvalue weighted by molar-refractivity contribution is 5.42. The highest BCUT2D eigenvalue weighted by atomic mass is 16.6. The Bertz CT molecular complexity index is 947. The minimum Gasteiger partial charge on any atom is -0.358 e. The van der Waals surface area contributed by atoms with Crippen molar-refractivity contribution < 1.29 is 4.92 Å². The predicted molar refractivity (Wildman–Crippen MR) is 103 cm³/mol. The quantitative estimate of drug-likeness (QED) is 0.364. The summed E-state index contributed by atoms with van der Waals surface area (Å²) >= 11 is 0. The highest BCUT2D eigenvalue weighted by Gasteiger charge is 2.21. The zero-order valence-electron chi connectivity index (χ0n) is 15.7. The van der Waals surface area contributed by atoms with Gasteiger partial charge in [-0.15, -0.1) is 0 Å². The molecule has 0 radical (unpaired) electrons. The van der Waals surface area contributed by atoms with Gasteiger partial charge in [-0.3, -0.25) is 14.3 Å².